The lowest BCUT2D eigenvalue weighted by atomic mass is 10.1. The molecule has 19 heavy (non-hydrogen) atoms. The van der Waals surface area contributed by atoms with E-state index in [9.17, 15) is 14.5 Å². The normalized spacial score (nSPS) is 9.74. The molecule has 0 saturated heterocycles. The zero-order valence-electron chi connectivity index (χ0n) is 9.88. The molecule has 0 aliphatic heterocycles. The largest absolute Gasteiger partial charge is 0.481 e. The van der Waals surface area contributed by atoms with Gasteiger partial charge in [0, 0.05) is 11.6 Å². The summed E-state index contributed by atoms with van der Waals surface area (Å²) in [5.74, 6) is -0.841. The number of urea groups is 1. The summed E-state index contributed by atoms with van der Waals surface area (Å²) < 4.78 is 0. The Morgan fingerprint density at radius 2 is 1.95 bits per heavy atom. The molecule has 0 heterocycles. The maximum Gasteiger partial charge on any atom is 0.344 e. The molecular formula is C11H12ClN3O4. The molecule has 0 bridgehead atoms. The minimum Gasteiger partial charge on any atom is -0.481 e. The van der Waals surface area contributed by atoms with Crippen molar-refractivity contribution in [3.63, 3.8) is 0 Å². The number of benzene rings is 1. The van der Waals surface area contributed by atoms with E-state index in [1.807, 2.05) is 0 Å². The van der Waals surface area contributed by atoms with E-state index in [2.05, 4.69) is 10.6 Å². The Bertz CT molecular complexity index is 464. The Morgan fingerprint density at radius 1 is 1.32 bits per heavy atom. The number of nitrogens with one attached hydrogen (secondary N) is 1. The third-order valence-electron chi connectivity index (χ3n) is 2.19. The molecule has 0 atom stereocenters. The van der Waals surface area contributed by atoms with Gasteiger partial charge in [0.25, 0.3) is 0 Å². The number of hydrogen-bond donors (Lipinski definition) is 2. The summed E-state index contributed by atoms with van der Waals surface area (Å²) in [6.07, 6.45) is -0.0947. The smallest absolute Gasteiger partial charge is 0.344 e. The molecule has 1 rings (SSSR count). The molecule has 2 amide bonds. The van der Waals surface area contributed by atoms with Gasteiger partial charge in [-0.05, 0) is 17.7 Å². The van der Waals surface area contributed by atoms with E-state index < -0.39 is 12.0 Å². The number of rotatable bonds is 6. The first-order chi connectivity index (χ1) is 9.06. The van der Waals surface area contributed by atoms with Crippen LogP contribution in [0.25, 0.3) is 0 Å². The summed E-state index contributed by atoms with van der Waals surface area (Å²) in [5.41, 5.74) is 1.04. The minimum absolute atomic E-state index is 0.00792. The summed E-state index contributed by atoms with van der Waals surface area (Å²) in [5, 5.41) is 14.3. The number of hydrogen-bond acceptors (Lipinski definition) is 4. The van der Waals surface area contributed by atoms with Crippen LogP contribution >= 0.6 is 11.6 Å². The number of carbonyl (C=O) groups is 2. The first-order valence-corrected chi connectivity index (χ1v) is 5.88. The van der Waals surface area contributed by atoms with Gasteiger partial charge in [-0.25, -0.2) is 4.79 Å². The number of amides is 2. The molecule has 0 saturated carbocycles. The summed E-state index contributed by atoms with van der Waals surface area (Å²) in [6, 6.07) is 5.54. The van der Waals surface area contributed by atoms with Gasteiger partial charge in [-0.1, -0.05) is 12.1 Å². The molecule has 7 nitrogen and oxygen atoms in total. The second kappa shape index (κ2) is 7.32. The van der Waals surface area contributed by atoms with Crippen molar-refractivity contribution in [2.24, 2.45) is 5.29 Å². The fourth-order valence-corrected chi connectivity index (χ4v) is 1.49. The average molecular weight is 286 g/mol. The molecule has 2 N–H and O–H groups in total. The first-order valence-electron chi connectivity index (χ1n) is 5.35. The van der Waals surface area contributed by atoms with E-state index in [1.165, 1.54) is 0 Å². The molecule has 0 unspecified atom stereocenters. The average Bonchev–Trinajstić information content (AvgIpc) is 2.37. The van der Waals surface area contributed by atoms with Crippen molar-refractivity contribution in [3.05, 3.63) is 34.7 Å². The number of anilines is 1. The Hall–Kier alpha value is -2.15. The molecule has 1 aromatic carbocycles. The molecule has 1 aromatic rings. The van der Waals surface area contributed by atoms with Gasteiger partial charge >= 0.3 is 12.0 Å². The monoisotopic (exact) mass is 285 g/mol. The van der Waals surface area contributed by atoms with Crippen LogP contribution in [0.4, 0.5) is 10.5 Å². The van der Waals surface area contributed by atoms with Crippen LogP contribution < -0.4 is 5.32 Å². The first kappa shape index (κ1) is 14.9. The number of carbonyl (C=O) groups excluding carboxylic acids is 1. The van der Waals surface area contributed by atoms with Crippen LogP contribution in [0.5, 0.6) is 0 Å². The van der Waals surface area contributed by atoms with Gasteiger partial charge in [0.1, 0.15) is 0 Å². The Labute approximate surface area is 114 Å². The predicted molar refractivity (Wildman–Crippen MR) is 70.0 cm³/mol. The number of carboxylic acids is 1. The van der Waals surface area contributed by atoms with Crippen LogP contribution in [0.3, 0.4) is 0 Å². The van der Waals surface area contributed by atoms with Crippen molar-refractivity contribution in [2.75, 3.05) is 17.7 Å². The molecule has 0 spiro atoms. The fraction of sp³-hybridized carbons (Fsp3) is 0.273. The second-order valence-corrected chi connectivity index (χ2v) is 3.97. The van der Waals surface area contributed by atoms with Crippen LogP contribution in [0.2, 0.25) is 0 Å². The van der Waals surface area contributed by atoms with Crippen LogP contribution in [-0.4, -0.2) is 34.5 Å². The van der Waals surface area contributed by atoms with E-state index in [1.54, 1.807) is 24.3 Å². The van der Waals surface area contributed by atoms with Crippen molar-refractivity contribution in [1.29, 1.82) is 0 Å². The van der Waals surface area contributed by atoms with Gasteiger partial charge in [0.15, 0.2) is 0 Å². The summed E-state index contributed by atoms with van der Waals surface area (Å²) in [7, 11) is 0. The van der Waals surface area contributed by atoms with Gasteiger partial charge in [-0.2, -0.15) is 5.01 Å². The van der Waals surface area contributed by atoms with Crippen LogP contribution in [-0.2, 0) is 11.2 Å². The molecule has 0 aliphatic carbocycles. The maximum atomic E-state index is 11.6. The number of nitrogens with zero attached hydrogens (tertiary/aromatic N) is 2. The minimum atomic E-state index is -0.935. The lowest BCUT2D eigenvalue weighted by Crippen LogP contribution is -2.31. The highest BCUT2D eigenvalue weighted by Gasteiger charge is 2.13. The third kappa shape index (κ3) is 4.92. The fourth-order valence-electron chi connectivity index (χ4n) is 1.33. The number of halogens is 1. The standard InChI is InChI=1S/C11H12ClN3O4/c12-5-6-15(14-19)11(18)13-9-3-1-8(2-4-9)7-10(16)17/h1-4H,5-7H2,(H,13,18)(H,16,17). The maximum absolute atomic E-state index is 11.6. The van der Waals surface area contributed by atoms with Crippen LogP contribution in [0.1, 0.15) is 5.56 Å². The van der Waals surface area contributed by atoms with Gasteiger partial charge < -0.3 is 10.4 Å². The molecule has 0 aromatic heterocycles. The summed E-state index contributed by atoms with van der Waals surface area (Å²) >= 11 is 5.42. The Kier molecular flexibility index (Phi) is 5.74. The van der Waals surface area contributed by atoms with Crippen molar-refractivity contribution >= 4 is 29.3 Å². The third-order valence-corrected chi connectivity index (χ3v) is 2.36. The van der Waals surface area contributed by atoms with Crippen molar-refractivity contribution in [1.82, 2.24) is 5.01 Å². The summed E-state index contributed by atoms with van der Waals surface area (Å²) in [6.45, 7) is 0.00792. The van der Waals surface area contributed by atoms with Gasteiger partial charge in [-0.3, -0.25) is 4.79 Å². The highest BCUT2D eigenvalue weighted by Crippen LogP contribution is 2.11. The number of carboxylic acid groups (broad SMARTS) is 1. The Morgan fingerprint density at radius 3 is 2.42 bits per heavy atom. The van der Waals surface area contributed by atoms with E-state index in [-0.39, 0.29) is 18.8 Å². The predicted octanol–water partition coefficient (Wildman–Crippen LogP) is 2.07. The number of nitroso groups, excluding NO2 is 1. The van der Waals surface area contributed by atoms with E-state index in [4.69, 9.17) is 16.7 Å². The van der Waals surface area contributed by atoms with E-state index in [0.717, 1.165) is 0 Å². The highest BCUT2D eigenvalue weighted by atomic mass is 35.5. The van der Waals surface area contributed by atoms with Crippen molar-refractivity contribution < 1.29 is 14.7 Å². The molecule has 102 valence electrons. The Balaban J connectivity index is 2.64. The van der Waals surface area contributed by atoms with Gasteiger partial charge in [0.05, 0.1) is 18.3 Å². The van der Waals surface area contributed by atoms with Gasteiger partial charge in [0.2, 0.25) is 0 Å². The molecular weight excluding hydrogens is 274 g/mol. The lowest BCUT2D eigenvalue weighted by molar-refractivity contribution is -0.136. The van der Waals surface area contributed by atoms with Crippen molar-refractivity contribution in [2.45, 2.75) is 6.42 Å². The number of aliphatic carboxylic acids is 1. The number of alkyl halides is 1. The molecule has 0 radical (unpaired) electrons. The van der Waals surface area contributed by atoms with Gasteiger partial charge in [-0.15, -0.1) is 16.5 Å². The quantitative estimate of drug-likeness (QED) is 0.475. The zero-order chi connectivity index (χ0) is 14.3. The summed E-state index contributed by atoms with van der Waals surface area (Å²) in [4.78, 5) is 32.5. The van der Waals surface area contributed by atoms with E-state index in [0.29, 0.717) is 16.3 Å². The van der Waals surface area contributed by atoms with Crippen LogP contribution in [0.15, 0.2) is 29.6 Å². The molecule has 0 aliphatic rings. The second-order valence-electron chi connectivity index (χ2n) is 3.59. The zero-order valence-corrected chi connectivity index (χ0v) is 10.6. The SMILES string of the molecule is O=NN(CCCl)C(=O)Nc1ccc(CC(=O)O)cc1. The van der Waals surface area contributed by atoms with Crippen LogP contribution in [0, 0.1) is 4.91 Å². The lowest BCUT2D eigenvalue weighted by Gasteiger charge is -2.12. The highest BCUT2D eigenvalue weighted by molar-refractivity contribution is 6.18. The van der Waals surface area contributed by atoms with E-state index >= 15 is 0 Å². The van der Waals surface area contributed by atoms with Crippen molar-refractivity contribution in [3.8, 4) is 0 Å². The molecule has 8 heteroatoms. The molecule has 0 fully saturated rings. The topological polar surface area (TPSA) is 99.1 Å².